The number of furan rings is 1. The summed E-state index contributed by atoms with van der Waals surface area (Å²) in [5.74, 6) is 2.11. The second-order valence-electron chi connectivity index (χ2n) is 6.46. The highest BCUT2D eigenvalue weighted by Gasteiger charge is 2.26. The molecule has 7 nitrogen and oxygen atoms in total. The van der Waals surface area contributed by atoms with E-state index in [1.165, 1.54) is 11.3 Å². The Morgan fingerprint density at radius 2 is 2.10 bits per heavy atom. The Hall–Kier alpha value is -3.23. The van der Waals surface area contributed by atoms with E-state index in [2.05, 4.69) is 4.98 Å². The number of hydrogen-bond donors (Lipinski definition) is 0. The first-order chi connectivity index (χ1) is 14.6. The van der Waals surface area contributed by atoms with E-state index in [0.717, 1.165) is 4.70 Å². The van der Waals surface area contributed by atoms with Gasteiger partial charge in [-0.15, -0.1) is 0 Å². The maximum absolute atomic E-state index is 13.5. The number of thiazole rings is 1. The number of anilines is 1. The van der Waals surface area contributed by atoms with Crippen molar-refractivity contribution in [1.29, 1.82) is 0 Å². The topological polar surface area (TPSA) is 74.0 Å². The minimum Gasteiger partial charge on any atom is -0.494 e. The van der Waals surface area contributed by atoms with Crippen LogP contribution in [0.25, 0.3) is 10.2 Å². The molecule has 1 aliphatic heterocycles. The molecule has 0 bridgehead atoms. The van der Waals surface area contributed by atoms with Crippen molar-refractivity contribution in [2.24, 2.45) is 0 Å². The van der Waals surface area contributed by atoms with Crippen molar-refractivity contribution in [1.82, 2.24) is 4.98 Å². The molecule has 152 valence electrons. The summed E-state index contributed by atoms with van der Waals surface area (Å²) in [6.45, 7) is 0.347. The Kier molecular flexibility index (Phi) is 4.72. The molecule has 1 amide bonds. The molecule has 0 spiro atoms. The predicted molar refractivity (Wildman–Crippen MR) is 113 cm³/mol. The van der Waals surface area contributed by atoms with Gasteiger partial charge in [-0.3, -0.25) is 9.69 Å². The SMILES string of the molecule is COc1ccc(Cl)c2sc(N(Cc3ccco3)C(=O)c3ccc4c(c3)OCO4)nc12. The number of carbonyl (C=O) groups is 1. The van der Waals surface area contributed by atoms with Crippen LogP contribution in [0.2, 0.25) is 5.02 Å². The van der Waals surface area contributed by atoms with Gasteiger partial charge in [-0.2, -0.15) is 0 Å². The van der Waals surface area contributed by atoms with Crippen LogP contribution in [0.5, 0.6) is 17.2 Å². The van der Waals surface area contributed by atoms with Gasteiger partial charge < -0.3 is 18.6 Å². The first-order valence-electron chi connectivity index (χ1n) is 9.01. The molecule has 1 aliphatic rings. The summed E-state index contributed by atoms with van der Waals surface area (Å²) in [7, 11) is 1.57. The van der Waals surface area contributed by atoms with E-state index in [-0.39, 0.29) is 19.2 Å². The molecule has 0 saturated heterocycles. The molecule has 0 atom stereocenters. The van der Waals surface area contributed by atoms with E-state index in [0.29, 0.717) is 44.2 Å². The van der Waals surface area contributed by atoms with Crippen molar-refractivity contribution < 1.29 is 23.4 Å². The number of carbonyl (C=O) groups excluding carboxylic acids is 1. The summed E-state index contributed by atoms with van der Waals surface area (Å²) in [6.07, 6.45) is 1.57. The number of hydrogen-bond acceptors (Lipinski definition) is 7. The molecule has 0 aliphatic carbocycles. The Labute approximate surface area is 180 Å². The zero-order valence-corrected chi connectivity index (χ0v) is 17.3. The molecule has 30 heavy (non-hydrogen) atoms. The Bertz CT molecular complexity index is 1240. The lowest BCUT2D eigenvalue weighted by atomic mass is 10.1. The highest BCUT2D eigenvalue weighted by Crippen LogP contribution is 2.40. The van der Waals surface area contributed by atoms with Gasteiger partial charge in [0.2, 0.25) is 6.79 Å². The van der Waals surface area contributed by atoms with Crippen LogP contribution in [0.4, 0.5) is 5.13 Å². The minimum absolute atomic E-state index is 0.138. The van der Waals surface area contributed by atoms with Crippen LogP contribution in [0, 0.1) is 0 Å². The van der Waals surface area contributed by atoms with Crippen molar-refractivity contribution in [2.75, 3.05) is 18.8 Å². The van der Waals surface area contributed by atoms with E-state index >= 15 is 0 Å². The van der Waals surface area contributed by atoms with E-state index in [9.17, 15) is 4.79 Å². The van der Waals surface area contributed by atoms with Crippen LogP contribution in [0.3, 0.4) is 0 Å². The van der Waals surface area contributed by atoms with Gasteiger partial charge in [0.25, 0.3) is 5.91 Å². The van der Waals surface area contributed by atoms with Gasteiger partial charge in [-0.1, -0.05) is 22.9 Å². The first-order valence-corrected chi connectivity index (χ1v) is 10.2. The van der Waals surface area contributed by atoms with Crippen molar-refractivity contribution >= 4 is 44.2 Å². The number of methoxy groups -OCH3 is 1. The third kappa shape index (κ3) is 3.24. The Balaban J connectivity index is 1.59. The molecule has 0 N–H and O–H groups in total. The predicted octanol–water partition coefficient (Wildman–Crippen LogP) is 5.13. The van der Waals surface area contributed by atoms with Crippen LogP contribution < -0.4 is 19.1 Å². The zero-order chi connectivity index (χ0) is 20.7. The smallest absolute Gasteiger partial charge is 0.260 e. The molecule has 0 fully saturated rings. The molecule has 2 aromatic carbocycles. The van der Waals surface area contributed by atoms with Gasteiger partial charge in [0.05, 0.1) is 29.6 Å². The van der Waals surface area contributed by atoms with Crippen LogP contribution in [-0.2, 0) is 6.54 Å². The number of aromatic nitrogens is 1. The van der Waals surface area contributed by atoms with E-state index in [4.69, 9.17) is 30.2 Å². The maximum Gasteiger partial charge on any atom is 0.260 e. The van der Waals surface area contributed by atoms with Crippen molar-refractivity contribution in [3.63, 3.8) is 0 Å². The fraction of sp³-hybridized carbons (Fsp3) is 0.143. The number of halogens is 1. The lowest BCUT2D eigenvalue weighted by Crippen LogP contribution is -2.30. The van der Waals surface area contributed by atoms with Gasteiger partial charge in [0.15, 0.2) is 16.6 Å². The number of fused-ring (bicyclic) bond motifs is 2. The van der Waals surface area contributed by atoms with E-state index in [1.54, 1.807) is 60.7 Å². The second-order valence-corrected chi connectivity index (χ2v) is 7.85. The highest BCUT2D eigenvalue weighted by atomic mass is 35.5. The van der Waals surface area contributed by atoms with Gasteiger partial charge in [-0.05, 0) is 42.5 Å². The van der Waals surface area contributed by atoms with Crippen LogP contribution >= 0.6 is 22.9 Å². The molecule has 4 aromatic rings. The molecule has 3 heterocycles. The maximum atomic E-state index is 13.5. The molecule has 0 radical (unpaired) electrons. The summed E-state index contributed by atoms with van der Waals surface area (Å²) in [5.41, 5.74) is 1.05. The summed E-state index contributed by atoms with van der Waals surface area (Å²) in [5, 5.41) is 1.03. The number of rotatable bonds is 5. The summed E-state index contributed by atoms with van der Waals surface area (Å²) < 4.78 is 22.4. The molecule has 2 aromatic heterocycles. The average Bonchev–Trinajstić information content (AvgIpc) is 3.51. The molecule has 9 heteroatoms. The highest BCUT2D eigenvalue weighted by molar-refractivity contribution is 7.23. The summed E-state index contributed by atoms with van der Waals surface area (Å²) in [6, 6.07) is 12.2. The standard InChI is InChI=1S/C21H15ClN2O5S/c1-26-16-7-5-14(22)19-18(16)23-21(30-19)24(10-13-3-2-8-27-13)20(25)12-4-6-15-17(9-12)29-11-28-15/h2-9H,10-11H2,1H3. The lowest BCUT2D eigenvalue weighted by molar-refractivity contribution is 0.0983. The molecule has 0 saturated carbocycles. The number of ether oxygens (including phenoxy) is 3. The number of nitrogens with zero attached hydrogens (tertiary/aromatic N) is 2. The zero-order valence-electron chi connectivity index (χ0n) is 15.8. The molecule has 0 unspecified atom stereocenters. The Morgan fingerprint density at radius 3 is 2.90 bits per heavy atom. The largest absolute Gasteiger partial charge is 0.494 e. The van der Waals surface area contributed by atoms with Gasteiger partial charge in [-0.25, -0.2) is 4.98 Å². The average molecular weight is 443 g/mol. The van der Waals surface area contributed by atoms with Crippen molar-refractivity contribution in [2.45, 2.75) is 6.54 Å². The van der Waals surface area contributed by atoms with Crippen LogP contribution in [0.15, 0.2) is 53.1 Å². The first kappa shape index (κ1) is 18.8. The van der Waals surface area contributed by atoms with Gasteiger partial charge in [0.1, 0.15) is 17.0 Å². The fourth-order valence-electron chi connectivity index (χ4n) is 3.19. The van der Waals surface area contributed by atoms with Crippen molar-refractivity contribution in [3.05, 3.63) is 65.1 Å². The normalized spacial score (nSPS) is 12.3. The van der Waals surface area contributed by atoms with Gasteiger partial charge in [0, 0.05) is 5.56 Å². The summed E-state index contributed by atoms with van der Waals surface area (Å²) >= 11 is 7.69. The summed E-state index contributed by atoms with van der Waals surface area (Å²) in [4.78, 5) is 19.7. The monoisotopic (exact) mass is 442 g/mol. The number of benzene rings is 2. The lowest BCUT2D eigenvalue weighted by Gasteiger charge is -2.19. The van der Waals surface area contributed by atoms with E-state index < -0.39 is 0 Å². The molecular weight excluding hydrogens is 428 g/mol. The van der Waals surface area contributed by atoms with E-state index in [1.807, 2.05) is 0 Å². The van der Waals surface area contributed by atoms with Crippen molar-refractivity contribution in [3.8, 4) is 17.2 Å². The minimum atomic E-state index is -0.251. The van der Waals surface area contributed by atoms with Gasteiger partial charge >= 0.3 is 0 Å². The third-order valence-corrected chi connectivity index (χ3v) is 6.20. The van der Waals surface area contributed by atoms with Crippen LogP contribution in [-0.4, -0.2) is 24.8 Å². The molecular formula is C21H15ClN2O5S. The quantitative estimate of drug-likeness (QED) is 0.426. The van der Waals surface area contributed by atoms with Crippen LogP contribution in [0.1, 0.15) is 16.1 Å². The molecule has 5 rings (SSSR count). The second kappa shape index (κ2) is 7.55. The fourth-order valence-corrected chi connectivity index (χ4v) is 4.45. The Morgan fingerprint density at radius 1 is 1.23 bits per heavy atom. The number of amides is 1. The third-order valence-electron chi connectivity index (χ3n) is 4.66.